The zero-order chi connectivity index (χ0) is 11.4. The van der Waals surface area contributed by atoms with Crippen LogP contribution in [0.4, 0.5) is 0 Å². The van der Waals surface area contributed by atoms with E-state index in [1.807, 2.05) is 12.1 Å². The number of hydrogen-bond donors (Lipinski definition) is 0. The van der Waals surface area contributed by atoms with Crippen LogP contribution in [0.2, 0.25) is 0 Å². The summed E-state index contributed by atoms with van der Waals surface area (Å²) in [5, 5.41) is 8.83. The smallest absolute Gasteiger partial charge is 0.165 e. The molecule has 0 aliphatic carbocycles. The fraction of sp³-hybridized carbons (Fsp3) is 0.417. The zero-order valence-electron chi connectivity index (χ0n) is 9.16. The van der Waals surface area contributed by atoms with Gasteiger partial charge in [-0.25, -0.2) is 0 Å². The van der Waals surface area contributed by atoms with Gasteiger partial charge in [-0.3, -0.25) is 0 Å². The summed E-state index contributed by atoms with van der Waals surface area (Å²) in [6.07, 6.45) is 0.311. The van der Waals surface area contributed by atoms with E-state index in [1.54, 1.807) is 7.11 Å². The monoisotopic (exact) mass is 219 g/mol. The van der Waals surface area contributed by atoms with Crippen molar-refractivity contribution in [2.24, 2.45) is 0 Å². The van der Waals surface area contributed by atoms with E-state index in [0.29, 0.717) is 32.0 Å². The van der Waals surface area contributed by atoms with Crippen LogP contribution in [0, 0.1) is 11.3 Å². The molecule has 0 N–H and O–H groups in total. The summed E-state index contributed by atoms with van der Waals surface area (Å²) in [4.78, 5) is 0. The molecule has 1 aromatic carbocycles. The second kappa shape index (κ2) is 4.86. The molecular weight excluding hydrogens is 206 g/mol. The van der Waals surface area contributed by atoms with Crippen LogP contribution >= 0.6 is 0 Å². The van der Waals surface area contributed by atoms with Crippen molar-refractivity contribution in [1.29, 1.82) is 5.26 Å². The van der Waals surface area contributed by atoms with Gasteiger partial charge in [0, 0.05) is 12.7 Å². The highest BCUT2D eigenvalue weighted by Crippen LogP contribution is 2.36. The summed E-state index contributed by atoms with van der Waals surface area (Å²) in [7, 11) is 1.63. The quantitative estimate of drug-likeness (QED) is 0.776. The molecule has 4 heteroatoms. The van der Waals surface area contributed by atoms with Crippen molar-refractivity contribution in [2.75, 3.05) is 20.3 Å². The summed E-state index contributed by atoms with van der Waals surface area (Å²) in [5.74, 6) is 1.42. The van der Waals surface area contributed by atoms with Gasteiger partial charge in [0.25, 0.3) is 0 Å². The highest BCUT2D eigenvalue weighted by Gasteiger charge is 2.18. The lowest BCUT2D eigenvalue weighted by atomic mass is 10.0. The Kier molecular flexibility index (Phi) is 3.28. The second-order valence-electron chi connectivity index (χ2n) is 3.50. The maximum atomic E-state index is 8.83. The van der Waals surface area contributed by atoms with E-state index in [1.165, 1.54) is 0 Å². The molecule has 0 aromatic heterocycles. The first-order chi connectivity index (χ1) is 7.86. The Morgan fingerprint density at radius 2 is 2.19 bits per heavy atom. The van der Waals surface area contributed by atoms with Crippen LogP contribution in [0.1, 0.15) is 11.1 Å². The SMILES string of the molecule is COCc1ccc2c(c1CC#N)OCCO2. The van der Waals surface area contributed by atoms with Crippen molar-refractivity contribution in [1.82, 2.24) is 0 Å². The van der Waals surface area contributed by atoms with Crippen LogP contribution < -0.4 is 9.47 Å². The Morgan fingerprint density at radius 1 is 1.38 bits per heavy atom. The highest BCUT2D eigenvalue weighted by atomic mass is 16.6. The number of ether oxygens (including phenoxy) is 3. The van der Waals surface area contributed by atoms with Crippen molar-refractivity contribution in [3.05, 3.63) is 23.3 Å². The normalized spacial score (nSPS) is 13.2. The summed E-state index contributed by atoms with van der Waals surface area (Å²) in [6.45, 7) is 1.57. The lowest BCUT2D eigenvalue weighted by molar-refractivity contribution is 0.165. The van der Waals surface area contributed by atoms with Gasteiger partial charge in [-0.05, 0) is 11.6 Å². The fourth-order valence-corrected chi connectivity index (χ4v) is 1.78. The average molecular weight is 219 g/mol. The van der Waals surface area contributed by atoms with Crippen molar-refractivity contribution >= 4 is 0 Å². The molecule has 84 valence electrons. The topological polar surface area (TPSA) is 51.5 Å². The Hall–Kier alpha value is -1.73. The first-order valence-corrected chi connectivity index (χ1v) is 5.13. The molecule has 0 saturated heterocycles. The second-order valence-corrected chi connectivity index (χ2v) is 3.50. The highest BCUT2D eigenvalue weighted by molar-refractivity contribution is 5.52. The summed E-state index contributed by atoms with van der Waals surface area (Å²) in [6, 6.07) is 5.93. The summed E-state index contributed by atoms with van der Waals surface area (Å²) < 4.78 is 16.1. The minimum Gasteiger partial charge on any atom is -0.486 e. The number of methoxy groups -OCH3 is 1. The van der Waals surface area contributed by atoms with Crippen LogP contribution in [0.3, 0.4) is 0 Å². The predicted molar refractivity (Wildman–Crippen MR) is 57.5 cm³/mol. The molecule has 16 heavy (non-hydrogen) atoms. The van der Waals surface area contributed by atoms with Gasteiger partial charge < -0.3 is 14.2 Å². The average Bonchev–Trinajstić information content (AvgIpc) is 2.32. The number of nitrogens with zero attached hydrogens (tertiary/aromatic N) is 1. The summed E-state index contributed by atoms with van der Waals surface area (Å²) >= 11 is 0. The molecule has 1 aliphatic rings. The Labute approximate surface area is 94.3 Å². The number of hydrogen-bond acceptors (Lipinski definition) is 4. The molecule has 0 saturated carbocycles. The third-order valence-corrected chi connectivity index (χ3v) is 2.46. The lowest BCUT2D eigenvalue weighted by Crippen LogP contribution is -2.17. The van der Waals surface area contributed by atoms with Gasteiger partial charge in [-0.2, -0.15) is 5.26 Å². The zero-order valence-corrected chi connectivity index (χ0v) is 9.16. The molecule has 1 aliphatic heterocycles. The van der Waals surface area contributed by atoms with Crippen LogP contribution in [0.15, 0.2) is 12.1 Å². The van der Waals surface area contributed by atoms with Crippen LogP contribution in [0.25, 0.3) is 0 Å². The van der Waals surface area contributed by atoms with Gasteiger partial charge in [0.15, 0.2) is 11.5 Å². The van der Waals surface area contributed by atoms with Crippen LogP contribution in [-0.4, -0.2) is 20.3 Å². The molecule has 1 aromatic rings. The molecule has 4 nitrogen and oxygen atoms in total. The van der Waals surface area contributed by atoms with Crippen molar-refractivity contribution < 1.29 is 14.2 Å². The molecule has 0 spiro atoms. The molecule has 0 radical (unpaired) electrons. The van der Waals surface area contributed by atoms with E-state index in [4.69, 9.17) is 19.5 Å². The molecular formula is C12H13NO3. The van der Waals surface area contributed by atoms with Crippen LogP contribution in [0.5, 0.6) is 11.5 Å². The standard InChI is InChI=1S/C12H13NO3/c1-14-8-9-2-3-11-12(10(9)4-5-13)16-7-6-15-11/h2-3H,4,6-8H2,1H3. The van der Waals surface area contributed by atoms with E-state index in [0.717, 1.165) is 16.9 Å². The Bertz CT molecular complexity index is 423. The van der Waals surface area contributed by atoms with Gasteiger partial charge in [-0.1, -0.05) is 6.07 Å². The maximum absolute atomic E-state index is 8.83. The molecule has 1 heterocycles. The molecule has 0 unspecified atom stereocenters. The minimum absolute atomic E-state index is 0.311. The molecule has 2 rings (SSSR count). The number of rotatable bonds is 3. The first kappa shape index (κ1) is 10.8. The number of benzene rings is 1. The molecule has 0 amide bonds. The predicted octanol–water partition coefficient (Wildman–Crippen LogP) is 1.67. The lowest BCUT2D eigenvalue weighted by Gasteiger charge is -2.22. The van der Waals surface area contributed by atoms with Gasteiger partial charge in [0.2, 0.25) is 0 Å². The van der Waals surface area contributed by atoms with Crippen LogP contribution in [-0.2, 0) is 17.8 Å². The minimum atomic E-state index is 0.311. The Balaban J connectivity index is 2.44. The molecule has 0 atom stereocenters. The van der Waals surface area contributed by atoms with Gasteiger partial charge in [-0.15, -0.1) is 0 Å². The Morgan fingerprint density at radius 3 is 2.94 bits per heavy atom. The van der Waals surface area contributed by atoms with Gasteiger partial charge in [0.1, 0.15) is 13.2 Å². The van der Waals surface area contributed by atoms with E-state index < -0.39 is 0 Å². The molecule has 0 fully saturated rings. The van der Waals surface area contributed by atoms with Crippen molar-refractivity contribution in [3.63, 3.8) is 0 Å². The number of fused-ring (bicyclic) bond motifs is 1. The molecule has 0 bridgehead atoms. The number of nitriles is 1. The first-order valence-electron chi connectivity index (χ1n) is 5.13. The third-order valence-electron chi connectivity index (χ3n) is 2.46. The van der Waals surface area contributed by atoms with E-state index in [2.05, 4.69) is 6.07 Å². The largest absolute Gasteiger partial charge is 0.486 e. The summed E-state index contributed by atoms with van der Waals surface area (Å²) in [5.41, 5.74) is 1.86. The van der Waals surface area contributed by atoms with Gasteiger partial charge in [0.05, 0.1) is 19.1 Å². The van der Waals surface area contributed by atoms with Gasteiger partial charge >= 0.3 is 0 Å². The van der Waals surface area contributed by atoms with E-state index in [-0.39, 0.29) is 0 Å². The fourth-order valence-electron chi connectivity index (χ4n) is 1.78. The van der Waals surface area contributed by atoms with E-state index >= 15 is 0 Å². The van der Waals surface area contributed by atoms with E-state index in [9.17, 15) is 0 Å². The van der Waals surface area contributed by atoms with Crippen molar-refractivity contribution in [2.45, 2.75) is 13.0 Å². The third kappa shape index (κ3) is 1.95. The maximum Gasteiger partial charge on any atom is 0.165 e. The van der Waals surface area contributed by atoms with Crippen molar-refractivity contribution in [3.8, 4) is 17.6 Å².